The van der Waals surface area contributed by atoms with E-state index in [2.05, 4.69) is 5.32 Å². The molecule has 1 atom stereocenters. The summed E-state index contributed by atoms with van der Waals surface area (Å²) in [5, 5.41) is 14.7. The second-order valence-electron chi connectivity index (χ2n) is 6.52. The smallest absolute Gasteiger partial charge is 0.292 e. The maximum absolute atomic E-state index is 13.7. The summed E-state index contributed by atoms with van der Waals surface area (Å²) in [6, 6.07) is 8.19. The first-order valence-corrected chi connectivity index (χ1v) is 9.90. The number of nitro benzene ring substituents is 1. The van der Waals surface area contributed by atoms with E-state index in [1.807, 2.05) is 0 Å². The van der Waals surface area contributed by atoms with Gasteiger partial charge in [-0.2, -0.15) is 4.31 Å². The average molecular weight is 393 g/mol. The topological polar surface area (TPSA) is 92.6 Å². The SMILES string of the molecule is Cc1ccc(C)c(S(=O)(=O)N2CCNCC2c2cccc(F)c2)c1[N+](=O)[O-]. The van der Waals surface area contributed by atoms with Crippen molar-refractivity contribution in [1.29, 1.82) is 0 Å². The van der Waals surface area contributed by atoms with Gasteiger partial charge >= 0.3 is 0 Å². The Kier molecular flexibility index (Phi) is 5.27. The first-order valence-electron chi connectivity index (χ1n) is 8.46. The molecule has 2 aromatic rings. The third kappa shape index (κ3) is 3.58. The molecule has 1 N–H and O–H groups in total. The van der Waals surface area contributed by atoms with E-state index in [1.54, 1.807) is 19.1 Å². The fourth-order valence-corrected chi connectivity index (χ4v) is 5.46. The Morgan fingerprint density at radius 3 is 2.59 bits per heavy atom. The Labute approximate surface area is 157 Å². The zero-order valence-corrected chi connectivity index (χ0v) is 15.8. The number of benzene rings is 2. The van der Waals surface area contributed by atoms with Crippen LogP contribution in [0.4, 0.5) is 10.1 Å². The van der Waals surface area contributed by atoms with E-state index in [9.17, 15) is 22.9 Å². The largest absolute Gasteiger partial charge is 0.313 e. The summed E-state index contributed by atoms with van der Waals surface area (Å²) in [5.74, 6) is -0.465. The number of aryl methyl sites for hydroxylation is 2. The van der Waals surface area contributed by atoms with Crippen molar-refractivity contribution < 1.29 is 17.7 Å². The van der Waals surface area contributed by atoms with Gasteiger partial charge in [-0.05, 0) is 37.1 Å². The number of hydrogen-bond donors (Lipinski definition) is 1. The van der Waals surface area contributed by atoms with E-state index in [0.717, 1.165) is 0 Å². The molecular weight excluding hydrogens is 373 g/mol. The summed E-state index contributed by atoms with van der Waals surface area (Å²) in [4.78, 5) is 10.6. The van der Waals surface area contributed by atoms with Gasteiger partial charge in [-0.25, -0.2) is 12.8 Å². The Bertz CT molecular complexity index is 994. The zero-order valence-electron chi connectivity index (χ0n) is 15.0. The van der Waals surface area contributed by atoms with Crippen LogP contribution in [0.15, 0.2) is 41.3 Å². The monoisotopic (exact) mass is 393 g/mol. The molecule has 27 heavy (non-hydrogen) atoms. The van der Waals surface area contributed by atoms with Gasteiger partial charge in [0.15, 0.2) is 4.90 Å². The van der Waals surface area contributed by atoms with Crippen LogP contribution in [0.2, 0.25) is 0 Å². The number of sulfonamides is 1. The van der Waals surface area contributed by atoms with Crippen molar-refractivity contribution >= 4 is 15.7 Å². The van der Waals surface area contributed by atoms with Crippen LogP contribution >= 0.6 is 0 Å². The molecule has 0 saturated carbocycles. The Balaban J connectivity index is 2.16. The third-order valence-corrected chi connectivity index (χ3v) is 6.79. The van der Waals surface area contributed by atoms with Crippen LogP contribution in [-0.4, -0.2) is 37.3 Å². The molecule has 1 unspecified atom stereocenters. The molecule has 1 fully saturated rings. The number of nitrogens with zero attached hydrogens (tertiary/aromatic N) is 2. The highest BCUT2D eigenvalue weighted by atomic mass is 32.2. The van der Waals surface area contributed by atoms with Crippen molar-refractivity contribution in [2.45, 2.75) is 24.8 Å². The Hall–Kier alpha value is -2.36. The molecule has 0 radical (unpaired) electrons. The van der Waals surface area contributed by atoms with Gasteiger partial charge in [0.05, 0.1) is 11.0 Å². The summed E-state index contributed by atoms with van der Waals surface area (Å²) >= 11 is 0. The molecule has 1 heterocycles. The number of nitrogens with one attached hydrogen (secondary N) is 1. The van der Waals surface area contributed by atoms with Gasteiger partial charge in [0, 0.05) is 25.2 Å². The molecule has 1 saturated heterocycles. The van der Waals surface area contributed by atoms with Crippen molar-refractivity contribution in [3.63, 3.8) is 0 Å². The molecule has 0 spiro atoms. The summed E-state index contributed by atoms with van der Waals surface area (Å²) in [5.41, 5.74) is 0.677. The Morgan fingerprint density at radius 1 is 1.22 bits per heavy atom. The number of nitro groups is 1. The molecule has 0 aromatic heterocycles. The lowest BCUT2D eigenvalue weighted by Crippen LogP contribution is -2.48. The van der Waals surface area contributed by atoms with E-state index in [1.165, 1.54) is 35.5 Å². The van der Waals surface area contributed by atoms with Crippen LogP contribution in [0.25, 0.3) is 0 Å². The van der Waals surface area contributed by atoms with Crippen LogP contribution in [0.5, 0.6) is 0 Å². The molecule has 0 bridgehead atoms. The van der Waals surface area contributed by atoms with E-state index < -0.39 is 32.5 Å². The van der Waals surface area contributed by atoms with E-state index >= 15 is 0 Å². The van der Waals surface area contributed by atoms with Crippen LogP contribution in [0, 0.1) is 29.8 Å². The van der Waals surface area contributed by atoms with Gasteiger partial charge in [0.2, 0.25) is 0 Å². The second-order valence-corrected chi connectivity index (χ2v) is 8.35. The predicted octanol–water partition coefficient (Wildman–Crippen LogP) is 2.69. The molecule has 144 valence electrons. The Morgan fingerprint density at radius 2 is 1.93 bits per heavy atom. The highest BCUT2D eigenvalue weighted by Gasteiger charge is 2.40. The van der Waals surface area contributed by atoms with Crippen LogP contribution in [-0.2, 0) is 10.0 Å². The average Bonchev–Trinajstić information content (AvgIpc) is 2.63. The lowest BCUT2D eigenvalue weighted by atomic mass is 10.1. The molecule has 7 nitrogen and oxygen atoms in total. The van der Waals surface area contributed by atoms with Gasteiger partial charge < -0.3 is 5.32 Å². The first-order chi connectivity index (χ1) is 12.7. The van der Waals surface area contributed by atoms with E-state index in [4.69, 9.17) is 0 Å². The number of halogens is 1. The minimum atomic E-state index is -4.17. The fourth-order valence-electron chi connectivity index (χ4n) is 3.41. The summed E-state index contributed by atoms with van der Waals surface area (Å²) in [7, 11) is -4.17. The quantitative estimate of drug-likeness (QED) is 0.637. The van der Waals surface area contributed by atoms with E-state index in [0.29, 0.717) is 24.2 Å². The first kappa shape index (κ1) is 19.4. The minimum Gasteiger partial charge on any atom is -0.313 e. The second kappa shape index (κ2) is 7.34. The molecule has 1 aliphatic rings. The van der Waals surface area contributed by atoms with Crippen molar-refractivity contribution in [3.8, 4) is 0 Å². The number of hydrogen-bond acceptors (Lipinski definition) is 5. The minimum absolute atomic E-state index is 0.133. The van der Waals surface area contributed by atoms with Crippen molar-refractivity contribution in [2.75, 3.05) is 19.6 Å². The van der Waals surface area contributed by atoms with Crippen molar-refractivity contribution in [3.05, 3.63) is 69.0 Å². The summed E-state index contributed by atoms with van der Waals surface area (Å²) in [6.45, 7) is 3.89. The van der Waals surface area contributed by atoms with Gasteiger partial charge in [-0.1, -0.05) is 24.3 Å². The highest BCUT2D eigenvalue weighted by Crippen LogP contribution is 2.36. The molecular formula is C18H20FN3O4S. The highest BCUT2D eigenvalue weighted by molar-refractivity contribution is 7.89. The third-order valence-electron chi connectivity index (χ3n) is 4.71. The van der Waals surface area contributed by atoms with Gasteiger partial charge in [-0.3, -0.25) is 10.1 Å². The van der Waals surface area contributed by atoms with Crippen LogP contribution in [0.3, 0.4) is 0 Å². The standard InChI is InChI=1S/C18H20FN3O4S/c1-12-6-7-13(2)18(17(12)22(23)24)27(25,26)21-9-8-20-11-16(21)14-4-3-5-15(19)10-14/h3-7,10,16,20H,8-9,11H2,1-2H3. The van der Waals surface area contributed by atoms with Crippen LogP contribution < -0.4 is 5.32 Å². The normalized spacial score (nSPS) is 18.4. The van der Waals surface area contributed by atoms with Gasteiger partial charge in [0.1, 0.15) is 5.82 Å². The summed E-state index contributed by atoms with van der Waals surface area (Å²) in [6.07, 6.45) is 0. The van der Waals surface area contributed by atoms with E-state index in [-0.39, 0.29) is 17.0 Å². The number of rotatable bonds is 4. The van der Waals surface area contributed by atoms with Gasteiger partial charge in [0.25, 0.3) is 15.7 Å². The molecule has 3 rings (SSSR count). The summed E-state index contributed by atoms with van der Waals surface area (Å²) < 4.78 is 41.8. The molecule has 1 aliphatic heterocycles. The fraction of sp³-hybridized carbons (Fsp3) is 0.333. The lowest BCUT2D eigenvalue weighted by Gasteiger charge is -2.35. The molecule has 2 aromatic carbocycles. The zero-order chi connectivity index (χ0) is 19.8. The molecule has 0 aliphatic carbocycles. The lowest BCUT2D eigenvalue weighted by molar-refractivity contribution is -0.388. The molecule has 0 amide bonds. The van der Waals surface area contributed by atoms with Crippen LogP contribution in [0.1, 0.15) is 22.7 Å². The maximum Gasteiger partial charge on any atom is 0.292 e. The predicted molar refractivity (Wildman–Crippen MR) is 98.5 cm³/mol. The van der Waals surface area contributed by atoms with Gasteiger partial charge in [-0.15, -0.1) is 0 Å². The van der Waals surface area contributed by atoms with Crippen molar-refractivity contribution in [2.24, 2.45) is 0 Å². The molecule has 9 heteroatoms. The van der Waals surface area contributed by atoms with Crippen molar-refractivity contribution in [1.82, 2.24) is 9.62 Å². The number of piperazine rings is 1. The maximum atomic E-state index is 13.7.